The van der Waals surface area contributed by atoms with Crippen LogP contribution < -0.4 is 5.73 Å². The van der Waals surface area contributed by atoms with Gasteiger partial charge in [-0.3, -0.25) is 4.79 Å². The first-order chi connectivity index (χ1) is 6.25. The Bertz CT molecular complexity index is 256. The molecule has 1 rings (SSSR count). The smallest absolute Gasteiger partial charge is 0.189 e. The molecule has 2 nitrogen and oxygen atoms in total. The van der Waals surface area contributed by atoms with Crippen LogP contribution in [0.25, 0.3) is 0 Å². The van der Waals surface area contributed by atoms with E-state index in [2.05, 4.69) is 6.92 Å². The van der Waals surface area contributed by atoms with E-state index in [4.69, 9.17) is 5.73 Å². The lowest BCUT2D eigenvalue weighted by molar-refractivity contribution is 0.0960. The molecule has 1 heterocycles. The first-order valence-corrected chi connectivity index (χ1v) is 5.47. The zero-order valence-electron chi connectivity index (χ0n) is 7.82. The molecular formula is C10H15NOS. The Kier molecular flexibility index (Phi) is 4.12. The first-order valence-electron chi connectivity index (χ1n) is 4.59. The quantitative estimate of drug-likeness (QED) is 0.737. The molecule has 13 heavy (non-hydrogen) atoms. The molecule has 1 aromatic rings. The van der Waals surface area contributed by atoms with Gasteiger partial charge in [0.15, 0.2) is 5.78 Å². The highest BCUT2D eigenvalue weighted by molar-refractivity contribution is 7.12. The lowest BCUT2D eigenvalue weighted by atomic mass is 10.1. The lowest BCUT2D eigenvalue weighted by Crippen LogP contribution is -2.29. The summed E-state index contributed by atoms with van der Waals surface area (Å²) in [6.45, 7) is 2.10. The summed E-state index contributed by atoms with van der Waals surface area (Å²) in [7, 11) is 0. The molecule has 0 fully saturated rings. The van der Waals surface area contributed by atoms with Crippen molar-refractivity contribution in [3.63, 3.8) is 0 Å². The first kappa shape index (κ1) is 10.4. The average Bonchev–Trinajstić information content (AvgIpc) is 2.65. The van der Waals surface area contributed by atoms with E-state index in [1.807, 2.05) is 17.5 Å². The predicted octanol–water partition coefficient (Wildman–Crippen LogP) is 2.45. The van der Waals surface area contributed by atoms with Crippen LogP contribution in [0, 0.1) is 0 Å². The highest BCUT2D eigenvalue weighted by Gasteiger charge is 2.15. The Morgan fingerprint density at radius 2 is 2.46 bits per heavy atom. The van der Waals surface area contributed by atoms with Crippen LogP contribution in [0.4, 0.5) is 0 Å². The van der Waals surface area contributed by atoms with E-state index >= 15 is 0 Å². The van der Waals surface area contributed by atoms with Gasteiger partial charge in [-0.05, 0) is 17.9 Å². The van der Waals surface area contributed by atoms with Crippen molar-refractivity contribution in [3.05, 3.63) is 22.4 Å². The van der Waals surface area contributed by atoms with E-state index in [-0.39, 0.29) is 11.8 Å². The molecule has 2 N–H and O–H groups in total. The fourth-order valence-corrected chi connectivity index (χ4v) is 1.89. The summed E-state index contributed by atoms with van der Waals surface area (Å²) in [6, 6.07) is 3.40. The van der Waals surface area contributed by atoms with Gasteiger partial charge >= 0.3 is 0 Å². The van der Waals surface area contributed by atoms with Gasteiger partial charge in [0.1, 0.15) is 0 Å². The highest BCUT2D eigenvalue weighted by Crippen LogP contribution is 2.12. The number of carbonyl (C=O) groups is 1. The topological polar surface area (TPSA) is 43.1 Å². The summed E-state index contributed by atoms with van der Waals surface area (Å²) in [6.07, 6.45) is 2.91. The Hall–Kier alpha value is -0.670. The number of carbonyl (C=O) groups excluding carboxylic acids is 1. The Labute approximate surface area is 82.8 Å². The molecule has 0 bridgehead atoms. The van der Waals surface area contributed by atoms with Crippen LogP contribution in [0.1, 0.15) is 35.9 Å². The normalized spacial score (nSPS) is 12.8. The molecule has 0 saturated heterocycles. The zero-order chi connectivity index (χ0) is 9.68. The fraction of sp³-hybridized carbons (Fsp3) is 0.500. The Balaban J connectivity index is 2.48. The van der Waals surface area contributed by atoms with Crippen molar-refractivity contribution < 1.29 is 4.79 Å². The van der Waals surface area contributed by atoms with Crippen molar-refractivity contribution in [3.8, 4) is 0 Å². The van der Waals surface area contributed by atoms with Crippen LogP contribution in [-0.2, 0) is 0 Å². The minimum absolute atomic E-state index is 0.0865. The number of thiophene rings is 1. The van der Waals surface area contributed by atoms with Crippen LogP contribution >= 0.6 is 11.3 Å². The summed E-state index contributed by atoms with van der Waals surface area (Å²) in [4.78, 5) is 12.4. The number of ketones is 1. The van der Waals surface area contributed by atoms with Crippen LogP contribution in [0.2, 0.25) is 0 Å². The molecule has 72 valence electrons. The van der Waals surface area contributed by atoms with E-state index in [1.54, 1.807) is 0 Å². The van der Waals surface area contributed by atoms with Crippen molar-refractivity contribution in [2.24, 2.45) is 5.73 Å². The molecule has 0 spiro atoms. The Morgan fingerprint density at radius 3 is 3.00 bits per heavy atom. The monoisotopic (exact) mass is 197 g/mol. The van der Waals surface area contributed by atoms with Gasteiger partial charge in [0, 0.05) is 0 Å². The maximum absolute atomic E-state index is 11.6. The third-order valence-electron chi connectivity index (χ3n) is 1.97. The van der Waals surface area contributed by atoms with E-state index in [9.17, 15) is 4.79 Å². The van der Waals surface area contributed by atoms with Gasteiger partial charge in [-0.1, -0.05) is 25.8 Å². The summed E-state index contributed by atoms with van der Waals surface area (Å²) >= 11 is 1.46. The number of Topliss-reactive ketones (excluding diaryl/α,β-unsaturated/α-hetero) is 1. The van der Waals surface area contributed by atoms with Crippen LogP contribution in [0.3, 0.4) is 0 Å². The third kappa shape index (κ3) is 2.94. The highest BCUT2D eigenvalue weighted by atomic mass is 32.1. The van der Waals surface area contributed by atoms with E-state index in [0.717, 1.165) is 24.1 Å². The predicted molar refractivity (Wildman–Crippen MR) is 56.1 cm³/mol. The van der Waals surface area contributed by atoms with Gasteiger partial charge in [0.2, 0.25) is 0 Å². The van der Waals surface area contributed by atoms with Crippen LogP contribution in [0.15, 0.2) is 17.5 Å². The second kappa shape index (κ2) is 5.14. The minimum Gasteiger partial charge on any atom is -0.321 e. The summed E-state index contributed by atoms with van der Waals surface area (Å²) in [5.74, 6) is 0.0865. The van der Waals surface area contributed by atoms with Gasteiger partial charge in [-0.15, -0.1) is 11.3 Å². The fourth-order valence-electron chi connectivity index (χ4n) is 1.16. The molecule has 0 radical (unpaired) electrons. The maximum atomic E-state index is 11.6. The number of hydrogen-bond donors (Lipinski definition) is 1. The zero-order valence-corrected chi connectivity index (χ0v) is 8.64. The van der Waals surface area contributed by atoms with E-state index in [1.165, 1.54) is 11.3 Å². The molecule has 1 unspecified atom stereocenters. The molecule has 1 atom stereocenters. The van der Waals surface area contributed by atoms with Crippen molar-refractivity contribution in [2.75, 3.05) is 0 Å². The molecular weight excluding hydrogens is 182 g/mol. The van der Waals surface area contributed by atoms with Gasteiger partial charge in [0.05, 0.1) is 10.9 Å². The van der Waals surface area contributed by atoms with Gasteiger partial charge in [-0.25, -0.2) is 0 Å². The summed E-state index contributed by atoms with van der Waals surface area (Å²) in [5.41, 5.74) is 5.75. The largest absolute Gasteiger partial charge is 0.321 e. The van der Waals surface area contributed by atoms with Crippen molar-refractivity contribution >= 4 is 17.1 Å². The standard InChI is InChI=1S/C10H15NOS/c1-2-3-5-8(11)10(12)9-6-4-7-13-9/h4,6-8H,2-3,5,11H2,1H3. The lowest BCUT2D eigenvalue weighted by Gasteiger charge is -2.07. The molecule has 0 aliphatic heterocycles. The number of nitrogens with two attached hydrogens (primary N) is 1. The Morgan fingerprint density at radius 1 is 1.69 bits per heavy atom. The van der Waals surface area contributed by atoms with Gasteiger partial charge in [0.25, 0.3) is 0 Å². The number of rotatable bonds is 5. The SMILES string of the molecule is CCCCC(N)C(=O)c1cccs1. The van der Waals surface area contributed by atoms with Crippen molar-refractivity contribution in [1.29, 1.82) is 0 Å². The average molecular weight is 197 g/mol. The van der Waals surface area contributed by atoms with Gasteiger partial charge in [-0.2, -0.15) is 0 Å². The number of hydrogen-bond acceptors (Lipinski definition) is 3. The molecule has 0 amide bonds. The molecule has 3 heteroatoms. The summed E-state index contributed by atoms with van der Waals surface area (Å²) in [5, 5.41) is 1.90. The van der Waals surface area contributed by atoms with Gasteiger partial charge < -0.3 is 5.73 Å². The molecule has 0 aliphatic rings. The van der Waals surface area contributed by atoms with Crippen molar-refractivity contribution in [2.45, 2.75) is 32.2 Å². The third-order valence-corrected chi connectivity index (χ3v) is 2.85. The second-order valence-corrected chi connectivity index (χ2v) is 4.04. The van der Waals surface area contributed by atoms with E-state index in [0.29, 0.717) is 0 Å². The van der Waals surface area contributed by atoms with Crippen LogP contribution in [-0.4, -0.2) is 11.8 Å². The molecule has 1 aromatic heterocycles. The van der Waals surface area contributed by atoms with E-state index < -0.39 is 0 Å². The van der Waals surface area contributed by atoms with Crippen LogP contribution in [0.5, 0.6) is 0 Å². The minimum atomic E-state index is -0.307. The molecule has 0 saturated carbocycles. The summed E-state index contributed by atoms with van der Waals surface area (Å²) < 4.78 is 0. The molecule has 0 aliphatic carbocycles. The molecule has 0 aromatic carbocycles. The maximum Gasteiger partial charge on any atom is 0.189 e. The second-order valence-electron chi connectivity index (χ2n) is 3.09. The number of unbranched alkanes of at least 4 members (excludes halogenated alkanes) is 1. The van der Waals surface area contributed by atoms with Crippen molar-refractivity contribution in [1.82, 2.24) is 0 Å².